The van der Waals surface area contributed by atoms with Gasteiger partial charge in [-0.15, -0.1) is 11.8 Å². The molecule has 2 amide bonds. The van der Waals surface area contributed by atoms with Crippen molar-refractivity contribution in [2.75, 3.05) is 11.2 Å². The number of aromatic amines is 1. The van der Waals surface area contributed by atoms with Crippen LogP contribution in [0.25, 0.3) is 10.9 Å². The van der Waals surface area contributed by atoms with Crippen LogP contribution < -0.4 is 10.2 Å². The van der Waals surface area contributed by atoms with E-state index in [1.165, 1.54) is 16.7 Å². The number of carbonyl (C=O) groups excluding carboxylic acids is 2. The highest BCUT2D eigenvalue weighted by Crippen LogP contribution is 2.39. The van der Waals surface area contributed by atoms with Gasteiger partial charge in [-0.1, -0.05) is 30.3 Å². The van der Waals surface area contributed by atoms with Crippen LogP contribution in [0, 0.1) is 0 Å². The summed E-state index contributed by atoms with van der Waals surface area (Å²) in [6, 6.07) is 10.9. The first-order chi connectivity index (χ1) is 14.4. The lowest BCUT2D eigenvalue weighted by molar-refractivity contribution is -0.131. The minimum atomic E-state index is -2.75. The van der Waals surface area contributed by atoms with Gasteiger partial charge >= 0.3 is 0 Å². The monoisotopic (exact) mass is 430 g/mol. The molecule has 1 aliphatic carbocycles. The Morgan fingerprint density at radius 3 is 2.77 bits per heavy atom. The molecule has 0 aliphatic heterocycles. The van der Waals surface area contributed by atoms with Crippen molar-refractivity contribution < 1.29 is 18.4 Å². The summed E-state index contributed by atoms with van der Waals surface area (Å²) in [6.07, 6.45) is 3.30. The van der Waals surface area contributed by atoms with E-state index >= 15 is 0 Å². The molecule has 9 heteroatoms. The zero-order valence-electron chi connectivity index (χ0n) is 16.1. The third kappa shape index (κ3) is 3.77. The number of thioether (sulfide) groups is 1. The van der Waals surface area contributed by atoms with Gasteiger partial charge in [-0.25, -0.2) is 8.78 Å². The van der Waals surface area contributed by atoms with Gasteiger partial charge in [0.1, 0.15) is 6.04 Å². The van der Waals surface area contributed by atoms with Gasteiger partial charge in [-0.2, -0.15) is 5.10 Å². The largest absolute Gasteiger partial charge is 0.351 e. The van der Waals surface area contributed by atoms with Gasteiger partial charge in [0.25, 0.3) is 5.92 Å². The second kappa shape index (κ2) is 8.06. The van der Waals surface area contributed by atoms with Crippen molar-refractivity contribution >= 4 is 40.7 Å². The Kier molecular flexibility index (Phi) is 5.46. The molecule has 156 valence electrons. The number of alkyl halides is 2. The number of amides is 2. The van der Waals surface area contributed by atoms with Crippen LogP contribution in [0.5, 0.6) is 0 Å². The van der Waals surface area contributed by atoms with Gasteiger partial charge in [-0.05, 0) is 24.0 Å². The molecule has 1 saturated carbocycles. The molecule has 1 aliphatic rings. The van der Waals surface area contributed by atoms with Crippen LogP contribution >= 0.6 is 11.8 Å². The summed E-state index contributed by atoms with van der Waals surface area (Å²) in [5.41, 5.74) is 1.71. The molecular formula is C21H20F2N4O2S. The smallest absolute Gasteiger partial charge is 0.252 e. The number of nitrogens with zero attached hydrogens (tertiary/aromatic N) is 2. The highest BCUT2D eigenvalue weighted by atomic mass is 32.2. The van der Waals surface area contributed by atoms with Crippen molar-refractivity contribution in [2.45, 2.75) is 35.7 Å². The molecule has 1 aromatic heterocycles. The zero-order valence-corrected chi connectivity index (χ0v) is 17.0. The SMILES string of the molecule is CSc1ccccc1C(C(=O)NC1CC(F)(F)C1)N(C=O)c1cccc2cn[nH]c12. The zero-order chi connectivity index (χ0) is 21.3. The van der Waals surface area contributed by atoms with E-state index in [1.54, 1.807) is 30.5 Å². The van der Waals surface area contributed by atoms with Gasteiger partial charge in [-0.3, -0.25) is 19.6 Å². The lowest BCUT2D eigenvalue weighted by Gasteiger charge is -2.37. The van der Waals surface area contributed by atoms with E-state index in [2.05, 4.69) is 15.5 Å². The Morgan fingerprint density at radius 1 is 1.30 bits per heavy atom. The first-order valence-corrected chi connectivity index (χ1v) is 10.6. The second-order valence-corrected chi connectivity index (χ2v) is 8.09. The Balaban J connectivity index is 1.76. The number of benzene rings is 2. The van der Waals surface area contributed by atoms with E-state index in [-0.39, 0.29) is 0 Å². The van der Waals surface area contributed by atoms with Crippen LogP contribution in [-0.4, -0.2) is 40.7 Å². The van der Waals surface area contributed by atoms with Crippen molar-refractivity contribution in [2.24, 2.45) is 0 Å². The van der Waals surface area contributed by atoms with Crippen molar-refractivity contribution in [3.8, 4) is 0 Å². The summed E-state index contributed by atoms with van der Waals surface area (Å²) in [7, 11) is 0. The summed E-state index contributed by atoms with van der Waals surface area (Å²) in [6.45, 7) is 0. The average Bonchev–Trinajstić information content (AvgIpc) is 3.19. The van der Waals surface area contributed by atoms with Crippen LogP contribution in [0.3, 0.4) is 0 Å². The van der Waals surface area contributed by atoms with Crippen molar-refractivity contribution in [1.29, 1.82) is 0 Å². The molecule has 4 rings (SSSR count). The third-order valence-electron chi connectivity index (χ3n) is 5.24. The average molecular weight is 430 g/mol. The van der Waals surface area contributed by atoms with Gasteiger partial charge < -0.3 is 5.32 Å². The minimum absolute atomic E-state index is 0.396. The molecule has 3 aromatic rings. The Labute approximate surface area is 176 Å². The fourth-order valence-electron chi connectivity index (χ4n) is 3.78. The lowest BCUT2D eigenvalue weighted by Crippen LogP contribution is -2.53. The number of halogens is 2. The lowest BCUT2D eigenvalue weighted by atomic mass is 9.87. The van der Waals surface area contributed by atoms with Crippen molar-refractivity contribution in [1.82, 2.24) is 15.5 Å². The third-order valence-corrected chi connectivity index (χ3v) is 6.05. The maximum atomic E-state index is 13.3. The van der Waals surface area contributed by atoms with Gasteiger partial charge in [0, 0.05) is 29.2 Å². The number of para-hydroxylation sites is 1. The normalized spacial score (nSPS) is 16.6. The molecule has 0 bridgehead atoms. The second-order valence-electron chi connectivity index (χ2n) is 7.24. The van der Waals surface area contributed by atoms with E-state index in [0.717, 1.165) is 10.3 Å². The first kappa shape index (κ1) is 20.3. The molecule has 1 unspecified atom stereocenters. The Hall–Kier alpha value is -2.94. The molecule has 2 aromatic carbocycles. The van der Waals surface area contributed by atoms with Crippen LogP contribution in [0.4, 0.5) is 14.5 Å². The van der Waals surface area contributed by atoms with Gasteiger partial charge in [0.2, 0.25) is 12.3 Å². The van der Waals surface area contributed by atoms with E-state index in [1.807, 2.05) is 24.5 Å². The van der Waals surface area contributed by atoms with Crippen molar-refractivity contribution in [3.63, 3.8) is 0 Å². The molecule has 0 spiro atoms. The fourth-order valence-corrected chi connectivity index (χ4v) is 4.41. The van der Waals surface area contributed by atoms with E-state index in [4.69, 9.17) is 0 Å². The summed E-state index contributed by atoms with van der Waals surface area (Å²) in [4.78, 5) is 27.7. The quantitative estimate of drug-likeness (QED) is 0.440. The summed E-state index contributed by atoms with van der Waals surface area (Å²) in [5.74, 6) is -3.25. The molecule has 1 atom stereocenters. The Bertz CT molecular complexity index is 1080. The van der Waals surface area contributed by atoms with Crippen LogP contribution in [0.15, 0.2) is 53.6 Å². The highest BCUT2D eigenvalue weighted by Gasteiger charge is 2.47. The fraction of sp³-hybridized carbons (Fsp3) is 0.286. The molecule has 2 N–H and O–H groups in total. The number of nitrogens with one attached hydrogen (secondary N) is 2. The molecular weight excluding hydrogens is 410 g/mol. The topological polar surface area (TPSA) is 78.1 Å². The number of aromatic nitrogens is 2. The minimum Gasteiger partial charge on any atom is -0.351 e. The Morgan fingerprint density at radius 2 is 2.07 bits per heavy atom. The number of hydrogen-bond acceptors (Lipinski definition) is 4. The summed E-state index contributed by atoms with van der Waals surface area (Å²) < 4.78 is 26.6. The number of carbonyl (C=O) groups is 2. The summed E-state index contributed by atoms with van der Waals surface area (Å²) >= 11 is 1.45. The van der Waals surface area contributed by atoms with Crippen LogP contribution in [-0.2, 0) is 9.59 Å². The predicted molar refractivity (Wildman–Crippen MR) is 112 cm³/mol. The molecule has 0 radical (unpaired) electrons. The molecule has 0 saturated heterocycles. The maximum absolute atomic E-state index is 13.3. The predicted octanol–water partition coefficient (Wildman–Crippen LogP) is 3.90. The van der Waals surface area contributed by atoms with Gasteiger partial charge in [0.05, 0.1) is 17.4 Å². The number of fused-ring (bicyclic) bond motifs is 1. The molecule has 1 heterocycles. The maximum Gasteiger partial charge on any atom is 0.252 e. The first-order valence-electron chi connectivity index (χ1n) is 9.40. The number of H-pyrrole nitrogens is 1. The standard InChI is InChI=1S/C21H20F2N4O2S/c1-30-17-8-3-2-6-15(17)19(20(29)25-14-9-21(22,23)10-14)27(12-28)16-7-4-5-13-11-24-26-18(13)16/h2-8,11-12,14,19H,9-10H2,1H3,(H,24,26)(H,25,29). The van der Waals surface area contributed by atoms with E-state index in [0.29, 0.717) is 23.2 Å². The van der Waals surface area contributed by atoms with Crippen LogP contribution in [0.1, 0.15) is 24.4 Å². The van der Waals surface area contributed by atoms with E-state index in [9.17, 15) is 18.4 Å². The van der Waals surface area contributed by atoms with Crippen molar-refractivity contribution in [3.05, 3.63) is 54.2 Å². The highest BCUT2D eigenvalue weighted by molar-refractivity contribution is 7.98. The van der Waals surface area contributed by atoms with Gasteiger partial charge in [0.15, 0.2) is 0 Å². The summed E-state index contributed by atoms with van der Waals surface area (Å²) in [5, 5.41) is 10.4. The molecule has 1 fully saturated rings. The number of rotatable bonds is 7. The number of hydrogen-bond donors (Lipinski definition) is 2. The molecule has 30 heavy (non-hydrogen) atoms. The molecule has 6 nitrogen and oxygen atoms in total. The number of anilines is 1. The van der Waals surface area contributed by atoms with Crippen LogP contribution in [0.2, 0.25) is 0 Å². The van der Waals surface area contributed by atoms with E-state index < -0.39 is 36.8 Å².